The van der Waals surface area contributed by atoms with Gasteiger partial charge < -0.3 is 29.1 Å². The zero-order valence-electron chi connectivity index (χ0n) is 35.1. The average molecular weight is 835 g/mol. The number of likely N-dealkylation sites (tertiary alicyclic amines) is 1. The third-order valence-corrected chi connectivity index (χ3v) is 14.0. The minimum absolute atomic E-state index is 0.0652. The summed E-state index contributed by atoms with van der Waals surface area (Å²) in [7, 11) is 1.63. The summed E-state index contributed by atoms with van der Waals surface area (Å²) in [5.41, 5.74) is 3.52. The van der Waals surface area contributed by atoms with Crippen molar-refractivity contribution >= 4 is 40.1 Å². The molecule has 1 aliphatic carbocycles. The Morgan fingerprint density at radius 1 is 0.869 bits per heavy atom. The number of anilines is 2. The van der Waals surface area contributed by atoms with Gasteiger partial charge in [-0.15, -0.1) is 0 Å². The number of nitrogens with one attached hydrogen (secondary N) is 2. The molecule has 4 aromatic rings. The van der Waals surface area contributed by atoms with E-state index < -0.39 is 17.6 Å². The number of aromatic nitrogens is 4. The van der Waals surface area contributed by atoms with Gasteiger partial charge in [-0.2, -0.15) is 5.10 Å². The lowest BCUT2D eigenvalue weighted by atomic mass is 9.90. The highest BCUT2D eigenvalue weighted by Gasteiger charge is 2.42. The Bertz CT molecular complexity index is 2330. The molecule has 5 aliphatic heterocycles. The Labute approximate surface area is 354 Å². The number of carbonyl (C=O) groups excluding carboxylic acids is 3. The lowest BCUT2D eigenvalue weighted by Crippen LogP contribution is -2.54. The lowest BCUT2D eigenvalue weighted by Gasteiger charge is -2.43. The molecule has 1 atom stereocenters. The number of hydrogen-bond donors (Lipinski definition) is 2. The molecular formula is C45H55FN10O5. The molecule has 7 heterocycles. The van der Waals surface area contributed by atoms with Crippen LogP contribution >= 0.6 is 0 Å². The summed E-state index contributed by atoms with van der Waals surface area (Å²) in [5.74, 6) is 1.98. The second-order valence-corrected chi connectivity index (χ2v) is 18.3. The third-order valence-electron chi connectivity index (χ3n) is 14.0. The zero-order valence-corrected chi connectivity index (χ0v) is 35.1. The quantitative estimate of drug-likeness (QED) is 0.204. The summed E-state index contributed by atoms with van der Waals surface area (Å²) in [4.78, 5) is 57.8. The van der Waals surface area contributed by atoms with E-state index in [4.69, 9.17) is 9.47 Å². The van der Waals surface area contributed by atoms with Crippen molar-refractivity contribution in [1.82, 2.24) is 40.2 Å². The van der Waals surface area contributed by atoms with Crippen LogP contribution in [0.15, 0.2) is 42.7 Å². The Morgan fingerprint density at radius 3 is 2.39 bits per heavy atom. The fourth-order valence-corrected chi connectivity index (χ4v) is 10.1. The number of carbonyl (C=O) groups is 3. The molecule has 0 spiro atoms. The first-order valence-corrected chi connectivity index (χ1v) is 22.0. The molecule has 16 heteroatoms. The summed E-state index contributed by atoms with van der Waals surface area (Å²) in [5, 5.41) is 11.1. The number of halogens is 1. The number of H-pyrrole nitrogens is 1. The molecule has 2 aromatic carbocycles. The number of rotatable bonds is 11. The van der Waals surface area contributed by atoms with Crippen LogP contribution in [0, 0.1) is 5.92 Å². The van der Waals surface area contributed by atoms with Gasteiger partial charge in [0.2, 0.25) is 11.8 Å². The van der Waals surface area contributed by atoms with Crippen molar-refractivity contribution in [2.45, 2.75) is 82.1 Å². The maximum absolute atomic E-state index is 16.4. The van der Waals surface area contributed by atoms with Crippen molar-refractivity contribution in [1.29, 1.82) is 0 Å². The van der Waals surface area contributed by atoms with Crippen LogP contribution < -0.4 is 24.6 Å². The van der Waals surface area contributed by atoms with E-state index in [2.05, 4.69) is 52.0 Å². The van der Waals surface area contributed by atoms with E-state index in [1.54, 1.807) is 18.3 Å². The van der Waals surface area contributed by atoms with Crippen LogP contribution in [0.25, 0.3) is 22.3 Å². The second-order valence-electron chi connectivity index (χ2n) is 18.3. The second kappa shape index (κ2) is 15.8. The van der Waals surface area contributed by atoms with Crippen LogP contribution in [0.4, 0.5) is 15.9 Å². The number of imide groups is 1. The van der Waals surface area contributed by atoms with E-state index in [0.717, 1.165) is 130 Å². The minimum Gasteiger partial charge on any atom is -0.494 e. The molecule has 10 rings (SSSR count). The molecule has 61 heavy (non-hydrogen) atoms. The summed E-state index contributed by atoms with van der Waals surface area (Å²) in [6.07, 6.45) is 7.42. The van der Waals surface area contributed by atoms with Crippen LogP contribution in [-0.4, -0.2) is 142 Å². The van der Waals surface area contributed by atoms with Gasteiger partial charge in [0, 0.05) is 94.4 Å². The number of hydrogen-bond acceptors (Lipinski definition) is 12. The summed E-state index contributed by atoms with van der Waals surface area (Å²) in [6.45, 7) is 10.2. The maximum atomic E-state index is 16.4. The van der Waals surface area contributed by atoms with Gasteiger partial charge in [0.05, 0.1) is 30.6 Å². The topological polar surface area (TPSA) is 152 Å². The molecule has 4 saturated heterocycles. The SMILES string of the molecule is COc1c(N2CCC(CN3CCC(F)(CN4CCN(c5cc(-c6n[nH]c7ccc(OC8(C)CC8)cc67)ncn5)CC4)CC3)CC2)ccc2c1CN(C1CCC(=O)NC1=O)C2=O. The van der Waals surface area contributed by atoms with Crippen LogP contribution in [0.2, 0.25) is 0 Å². The molecule has 15 nitrogen and oxygen atoms in total. The number of amides is 3. The van der Waals surface area contributed by atoms with Gasteiger partial charge in [-0.3, -0.25) is 29.7 Å². The maximum Gasteiger partial charge on any atom is 0.255 e. The molecule has 5 fully saturated rings. The first kappa shape index (κ1) is 39.8. The first-order valence-electron chi connectivity index (χ1n) is 22.0. The van der Waals surface area contributed by atoms with E-state index in [0.29, 0.717) is 43.0 Å². The fraction of sp³-hybridized carbons (Fsp3) is 0.556. The van der Waals surface area contributed by atoms with Crippen molar-refractivity contribution in [3.63, 3.8) is 0 Å². The molecule has 322 valence electrons. The predicted octanol–water partition coefficient (Wildman–Crippen LogP) is 4.56. The summed E-state index contributed by atoms with van der Waals surface area (Å²) < 4.78 is 28.5. The number of benzene rings is 2. The van der Waals surface area contributed by atoms with Crippen LogP contribution in [0.1, 0.15) is 74.2 Å². The average Bonchev–Trinajstić information content (AvgIpc) is 3.68. The van der Waals surface area contributed by atoms with Gasteiger partial charge in [-0.25, -0.2) is 14.4 Å². The Morgan fingerprint density at radius 2 is 1.66 bits per heavy atom. The van der Waals surface area contributed by atoms with E-state index in [-0.39, 0.29) is 30.4 Å². The lowest BCUT2D eigenvalue weighted by molar-refractivity contribution is -0.136. The largest absolute Gasteiger partial charge is 0.494 e. The van der Waals surface area contributed by atoms with E-state index >= 15 is 4.39 Å². The highest BCUT2D eigenvalue weighted by atomic mass is 19.1. The number of piperidine rings is 3. The highest BCUT2D eigenvalue weighted by molar-refractivity contribution is 6.06. The fourth-order valence-electron chi connectivity index (χ4n) is 10.1. The van der Waals surface area contributed by atoms with Crippen molar-refractivity contribution in [3.05, 3.63) is 53.9 Å². The van der Waals surface area contributed by atoms with Gasteiger partial charge in [0.15, 0.2) is 0 Å². The molecule has 2 aromatic heterocycles. The third kappa shape index (κ3) is 8.00. The normalized spacial score (nSPS) is 23.4. The monoisotopic (exact) mass is 834 g/mol. The Hall–Kier alpha value is -5.35. The first-order chi connectivity index (χ1) is 29.5. The van der Waals surface area contributed by atoms with E-state index in [1.807, 2.05) is 36.4 Å². The van der Waals surface area contributed by atoms with Crippen molar-refractivity contribution < 1.29 is 28.2 Å². The molecule has 2 N–H and O–H groups in total. The highest BCUT2D eigenvalue weighted by Crippen LogP contribution is 2.43. The van der Waals surface area contributed by atoms with Gasteiger partial charge in [-0.1, -0.05) is 0 Å². The number of piperazine rings is 1. The van der Waals surface area contributed by atoms with Crippen LogP contribution in [0.3, 0.4) is 0 Å². The molecule has 1 saturated carbocycles. The number of methoxy groups -OCH3 is 1. The summed E-state index contributed by atoms with van der Waals surface area (Å²) >= 11 is 0. The molecule has 3 amide bonds. The van der Waals surface area contributed by atoms with Crippen LogP contribution in [0.5, 0.6) is 11.5 Å². The number of fused-ring (bicyclic) bond motifs is 2. The number of alkyl halides is 1. The van der Waals surface area contributed by atoms with E-state index in [9.17, 15) is 14.4 Å². The van der Waals surface area contributed by atoms with Gasteiger partial charge in [0.1, 0.15) is 46.6 Å². The van der Waals surface area contributed by atoms with Crippen molar-refractivity contribution in [2.24, 2.45) is 5.92 Å². The standard InChI is InChI=1S/C45H55FN10O5/c1-44(11-12-44)61-30-3-5-34-32(23-30)40(51-50-34)35-24-38(48-28-47-35)55-21-19-53(20-22-55)27-45(46)13-17-52(18-14-45)25-29-9-15-54(16-10-29)36-6-4-31-33(41(36)60-2)26-56(43(31)59)37-7-8-39(57)49-42(37)58/h3-6,23-24,28-29,37H,7-22,25-27H2,1-2H3,(H,50,51)(H,49,57,58). The van der Waals surface area contributed by atoms with Crippen LogP contribution in [-0.2, 0) is 16.1 Å². The molecule has 0 bridgehead atoms. The van der Waals surface area contributed by atoms with Gasteiger partial charge >= 0.3 is 0 Å². The number of ether oxygens (including phenoxy) is 2. The number of nitrogens with zero attached hydrogens (tertiary/aromatic N) is 8. The number of aromatic amines is 1. The molecular weight excluding hydrogens is 780 g/mol. The van der Waals surface area contributed by atoms with Gasteiger partial charge in [0.25, 0.3) is 5.91 Å². The minimum atomic E-state index is -1.19. The smallest absolute Gasteiger partial charge is 0.255 e. The Balaban J connectivity index is 0.686. The molecule has 0 radical (unpaired) electrons. The predicted molar refractivity (Wildman–Crippen MR) is 228 cm³/mol. The summed E-state index contributed by atoms with van der Waals surface area (Å²) in [6, 6.07) is 11.2. The van der Waals surface area contributed by atoms with Gasteiger partial charge in [-0.05, 0) is 88.1 Å². The van der Waals surface area contributed by atoms with E-state index in [1.165, 1.54) is 0 Å². The molecule has 6 aliphatic rings. The van der Waals surface area contributed by atoms with Crippen molar-refractivity contribution in [3.8, 4) is 22.9 Å². The van der Waals surface area contributed by atoms with Crippen molar-refractivity contribution in [2.75, 3.05) is 82.4 Å². The molecule has 1 unspecified atom stereocenters. The Kier molecular flexibility index (Phi) is 10.3. The zero-order chi connectivity index (χ0) is 41.9.